The number of carbonyl (C=O) groups is 2. The topological polar surface area (TPSA) is 82.5 Å². The molecule has 1 saturated carbocycles. The highest BCUT2D eigenvalue weighted by Gasteiger charge is 2.52. The molecule has 0 radical (unpaired) electrons. The molecule has 4 aliphatic rings. The lowest BCUT2D eigenvalue weighted by Crippen LogP contribution is -2.51. The van der Waals surface area contributed by atoms with Gasteiger partial charge in [0.25, 0.3) is 5.91 Å². The summed E-state index contributed by atoms with van der Waals surface area (Å²) in [6.07, 6.45) is 0.549. The van der Waals surface area contributed by atoms with Crippen LogP contribution in [0.15, 0.2) is 18.2 Å². The fraction of sp³-hybridized carbons (Fsp3) is 0.750. The highest BCUT2D eigenvalue weighted by atomic mass is 19.4. The number of hydrogen-bond donors (Lipinski definition) is 1. The van der Waals surface area contributed by atoms with E-state index in [1.807, 2.05) is 11.8 Å². The molecule has 0 unspecified atom stereocenters. The summed E-state index contributed by atoms with van der Waals surface area (Å²) in [5.74, 6) is -2.30. The molecule has 4 fully saturated rings. The van der Waals surface area contributed by atoms with Gasteiger partial charge < -0.3 is 24.4 Å². The molecule has 5 rings (SSSR count). The maximum atomic E-state index is 16.5. The van der Waals surface area contributed by atoms with Crippen LogP contribution >= 0.6 is 0 Å². The molecule has 246 valence electrons. The lowest BCUT2D eigenvalue weighted by atomic mass is 9.91. The van der Waals surface area contributed by atoms with Crippen molar-refractivity contribution in [2.75, 3.05) is 57.9 Å². The molecule has 1 aromatic carbocycles. The zero-order valence-corrected chi connectivity index (χ0v) is 25.7. The summed E-state index contributed by atoms with van der Waals surface area (Å²) in [5, 5.41) is 9.42. The second-order valence-corrected chi connectivity index (χ2v) is 12.9. The third-order valence-corrected chi connectivity index (χ3v) is 10.3. The number of ether oxygens (including phenoxy) is 2. The number of aliphatic carboxylic acids is 1. The molecule has 0 spiro atoms. The fourth-order valence-corrected chi connectivity index (χ4v) is 7.70. The molecule has 3 aliphatic heterocycles. The number of rotatable bonds is 9. The van der Waals surface area contributed by atoms with Crippen molar-refractivity contribution >= 4 is 17.6 Å². The summed E-state index contributed by atoms with van der Waals surface area (Å²) in [6.45, 7) is 3.86. The van der Waals surface area contributed by atoms with Crippen LogP contribution in [-0.2, 0) is 25.2 Å². The van der Waals surface area contributed by atoms with E-state index in [9.17, 15) is 27.9 Å². The Labute approximate surface area is 256 Å². The summed E-state index contributed by atoms with van der Waals surface area (Å²) >= 11 is 0. The molecular formula is C32H45F4N3O5. The van der Waals surface area contributed by atoms with Crippen LogP contribution in [0.1, 0.15) is 75.3 Å². The monoisotopic (exact) mass is 627 g/mol. The van der Waals surface area contributed by atoms with Crippen LogP contribution in [-0.4, -0.2) is 104 Å². The number of carboxylic acid groups (broad SMARTS) is 1. The molecule has 3 saturated heterocycles. The van der Waals surface area contributed by atoms with Gasteiger partial charge in [0, 0.05) is 70.5 Å². The van der Waals surface area contributed by atoms with E-state index in [0.717, 1.165) is 37.8 Å². The van der Waals surface area contributed by atoms with E-state index in [0.29, 0.717) is 56.8 Å². The number of anilines is 1. The zero-order valence-electron chi connectivity index (χ0n) is 25.7. The van der Waals surface area contributed by atoms with E-state index in [1.54, 1.807) is 12.0 Å². The van der Waals surface area contributed by atoms with E-state index in [4.69, 9.17) is 9.47 Å². The number of alkyl halides is 4. The highest BCUT2D eigenvalue weighted by Crippen LogP contribution is 2.43. The quantitative estimate of drug-likeness (QED) is 0.382. The first-order valence-corrected chi connectivity index (χ1v) is 16.0. The van der Waals surface area contributed by atoms with Crippen LogP contribution in [0.5, 0.6) is 0 Å². The molecule has 12 heteroatoms. The Bertz CT molecular complexity index is 1170. The second kappa shape index (κ2) is 13.5. The van der Waals surface area contributed by atoms with Gasteiger partial charge in [0.05, 0.1) is 30.2 Å². The van der Waals surface area contributed by atoms with Crippen molar-refractivity contribution in [1.82, 2.24) is 9.80 Å². The molecule has 8 nitrogen and oxygen atoms in total. The predicted octanol–water partition coefficient (Wildman–Crippen LogP) is 5.10. The Kier molecular flexibility index (Phi) is 10.1. The average Bonchev–Trinajstić information content (AvgIpc) is 3.63. The Morgan fingerprint density at radius 3 is 2.39 bits per heavy atom. The molecule has 1 amide bonds. The average molecular weight is 628 g/mol. The van der Waals surface area contributed by atoms with Crippen LogP contribution in [0, 0.1) is 5.92 Å². The molecular weight excluding hydrogens is 582 g/mol. The van der Waals surface area contributed by atoms with Crippen molar-refractivity contribution in [1.29, 1.82) is 0 Å². The third-order valence-electron chi connectivity index (χ3n) is 10.3. The Morgan fingerprint density at radius 1 is 1.07 bits per heavy atom. The lowest BCUT2D eigenvalue weighted by Gasteiger charge is -2.35. The van der Waals surface area contributed by atoms with Crippen molar-refractivity contribution in [2.45, 2.75) is 94.2 Å². The third kappa shape index (κ3) is 7.02. The number of carbonyl (C=O) groups excluding carboxylic acids is 1. The van der Waals surface area contributed by atoms with Gasteiger partial charge in [0.15, 0.2) is 0 Å². The number of amides is 1. The Hall–Kier alpha value is -2.44. The van der Waals surface area contributed by atoms with Gasteiger partial charge in [0.2, 0.25) is 5.67 Å². The first kappa shape index (κ1) is 32.9. The van der Waals surface area contributed by atoms with Crippen LogP contribution in [0.4, 0.5) is 23.2 Å². The van der Waals surface area contributed by atoms with Gasteiger partial charge in [-0.15, -0.1) is 0 Å². The van der Waals surface area contributed by atoms with Gasteiger partial charge >= 0.3 is 12.1 Å². The molecule has 3 heterocycles. The van der Waals surface area contributed by atoms with Gasteiger partial charge in [-0.1, -0.05) is 6.07 Å². The largest absolute Gasteiger partial charge is 0.481 e. The summed E-state index contributed by atoms with van der Waals surface area (Å²) in [6, 6.07) is 3.50. The van der Waals surface area contributed by atoms with Crippen molar-refractivity contribution < 1.29 is 41.7 Å². The van der Waals surface area contributed by atoms with E-state index in [2.05, 4.69) is 4.90 Å². The van der Waals surface area contributed by atoms with E-state index >= 15 is 4.39 Å². The van der Waals surface area contributed by atoms with Crippen molar-refractivity contribution in [3.8, 4) is 0 Å². The Morgan fingerprint density at radius 2 is 1.77 bits per heavy atom. The van der Waals surface area contributed by atoms with Crippen LogP contribution in [0.25, 0.3) is 0 Å². The lowest BCUT2D eigenvalue weighted by molar-refractivity contribution is -0.145. The van der Waals surface area contributed by atoms with Gasteiger partial charge in [-0.2, -0.15) is 13.2 Å². The smallest absolute Gasteiger partial charge is 0.416 e. The molecule has 0 bridgehead atoms. The number of benzene rings is 1. The zero-order chi connectivity index (χ0) is 31.6. The standard InChI is InChI=1S/C32H45F4N3O5/c1-3-44-19-25-16-22(18-39(25)30(42)31(33)12-15-38(20-31)24-5-7-26(43-2)8-6-24)27-9-4-23(32(34,35)36)17-28(27)37-13-10-21(11-14-37)29(40)41/h4,9,17,21-22,24-26H,3,5-8,10-16,18-20H2,1-2H3,(H,40,41)/t22-,24-,25+,26-,31-/m1/s1. The number of piperidine rings is 1. The minimum absolute atomic E-state index is 0.0424. The SMILES string of the molecule is CCOC[C@@H]1C[C@@H](c2ccc(C(F)(F)F)cc2N2CCC(C(=O)O)CC2)CN1C(=O)[C@@]1(F)CCN([C@H]2CC[C@H](OC)CC2)C1. The molecule has 1 aliphatic carbocycles. The summed E-state index contributed by atoms with van der Waals surface area (Å²) in [5.41, 5.74) is -1.73. The molecule has 44 heavy (non-hydrogen) atoms. The summed E-state index contributed by atoms with van der Waals surface area (Å²) in [7, 11) is 1.71. The number of halogens is 4. The first-order valence-electron chi connectivity index (χ1n) is 16.0. The molecule has 3 atom stereocenters. The maximum absolute atomic E-state index is 16.5. The van der Waals surface area contributed by atoms with Crippen LogP contribution in [0.2, 0.25) is 0 Å². The summed E-state index contributed by atoms with van der Waals surface area (Å²) in [4.78, 5) is 31.0. The normalized spacial score (nSPS) is 30.7. The second-order valence-electron chi connectivity index (χ2n) is 12.9. The highest BCUT2D eigenvalue weighted by molar-refractivity contribution is 5.86. The number of carboxylic acids is 1. The molecule has 1 N–H and O–H groups in total. The van der Waals surface area contributed by atoms with Crippen LogP contribution < -0.4 is 4.90 Å². The molecule has 0 aromatic heterocycles. The maximum Gasteiger partial charge on any atom is 0.416 e. The van der Waals surface area contributed by atoms with E-state index < -0.39 is 41.2 Å². The minimum Gasteiger partial charge on any atom is -0.481 e. The number of hydrogen-bond acceptors (Lipinski definition) is 6. The summed E-state index contributed by atoms with van der Waals surface area (Å²) < 4.78 is 69.0. The van der Waals surface area contributed by atoms with E-state index in [-0.39, 0.29) is 44.2 Å². The van der Waals surface area contributed by atoms with Crippen molar-refractivity contribution in [3.63, 3.8) is 0 Å². The van der Waals surface area contributed by atoms with Gasteiger partial charge in [0.1, 0.15) is 0 Å². The minimum atomic E-state index is -4.54. The van der Waals surface area contributed by atoms with Gasteiger partial charge in [-0.25, -0.2) is 4.39 Å². The first-order chi connectivity index (χ1) is 20.9. The van der Waals surface area contributed by atoms with Crippen molar-refractivity contribution in [2.24, 2.45) is 5.92 Å². The number of nitrogens with zero attached hydrogens (tertiary/aromatic N) is 3. The van der Waals surface area contributed by atoms with Crippen LogP contribution in [0.3, 0.4) is 0 Å². The Balaban J connectivity index is 1.36. The number of likely N-dealkylation sites (tertiary alicyclic amines) is 2. The fourth-order valence-electron chi connectivity index (χ4n) is 7.70. The predicted molar refractivity (Wildman–Crippen MR) is 156 cm³/mol. The van der Waals surface area contributed by atoms with Gasteiger partial charge in [-0.3, -0.25) is 14.5 Å². The van der Waals surface area contributed by atoms with Gasteiger partial charge in [-0.05, 0) is 69.6 Å². The molecule has 1 aromatic rings. The number of methoxy groups -OCH3 is 1. The van der Waals surface area contributed by atoms with E-state index in [1.165, 1.54) is 6.07 Å². The van der Waals surface area contributed by atoms with Crippen molar-refractivity contribution in [3.05, 3.63) is 29.3 Å².